The minimum Gasteiger partial charge on any atom is -0.493 e. The largest absolute Gasteiger partial charge is 0.493 e. The van der Waals surface area contributed by atoms with E-state index in [1.165, 1.54) is 7.11 Å². The van der Waals surface area contributed by atoms with Crippen LogP contribution in [0.4, 0.5) is 0 Å². The SMILES string of the molecule is COc1ccc(C[C@@H](C[C@H](N)[C@@H](O)C[C@H](C(=O)NCC(C)(C)C(N)=O)C(C)C)C(C)C)cc1O[C@@H]1O[C@H](C(=O)O)[C@@H](O)[C@H](O)[C@H]1O. The molecule has 0 saturated carbocycles. The Kier molecular flexibility index (Phi) is 14.2. The van der Waals surface area contributed by atoms with Gasteiger partial charge in [-0.25, -0.2) is 4.79 Å². The molecule has 262 valence electrons. The summed E-state index contributed by atoms with van der Waals surface area (Å²) < 4.78 is 16.4. The van der Waals surface area contributed by atoms with Crippen molar-refractivity contribution in [1.29, 1.82) is 0 Å². The molecular formula is C32H53N3O11. The Morgan fingerprint density at radius 2 is 1.63 bits per heavy atom. The molecule has 0 spiro atoms. The first-order chi connectivity index (χ1) is 21.3. The second kappa shape index (κ2) is 16.7. The van der Waals surface area contributed by atoms with Gasteiger partial charge in [-0.1, -0.05) is 33.8 Å². The van der Waals surface area contributed by atoms with Crippen LogP contribution in [0.5, 0.6) is 11.5 Å². The van der Waals surface area contributed by atoms with Gasteiger partial charge >= 0.3 is 5.97 Å². The Labute approximate surface area is 270 Å². The van der Waals surface area contributed by atoms with Crippen molar-refractivity contribution in [2.24, 2.45) is 40.6 Å². The van der Waals surface area contributed by atoms with E-state index in [2.05, 4.69) is 5.32 Å². The van der Waals surface area contributed by atoms with Gasteiger partial charge in [0.1, 0.15) is 18.3 Å². The van der Waals surface area contributed by atoms with Crippen molar-refractivity contribution in [1.82, 2.24) is 5.32 Å². The highest BCUT2D eigenvalue weighted by atomic mass is 16.7. The van der Waals surface area contributed by atoms with Gasteiger partial charge in [-0.2, -0.15) is 0 Å². The summed E-state index contributed by atoms with van der Waals surface area (Å²) in [6, 6.07) is 4.44. The van der Waals surface area contributed by atoms with Crippen molar-refractivity contribution in [3.63, 3.8) is 0 Å². The fourth-order valence-electron chi connectivity index (χ4n) is 5.26. The number of hydrogen-bond acceptors (Lipinski definition) is 11. The molecular weight excluding hydrogens is 602 g/mol. The molecule has 14 heteroatoms. The van der Waals surface area contributed by atoms with Gasteiger partial charge in [-0.15, -0.1) is 0 Å². The number of ether oxygens (including phenoxy) is 3. The Morgan fingerprint density at radius 3 is 2.15 bits per heavy atom. The summed E-state index contributed by atoms with van der Waals surface area (Å²) in [5.74, 6) is -2.48. The molecule has 1 fully saturated rings. The van der Waals surface area contributed by atoms with Gasteiger partial charge in [-0.3, -0.25) is 9.59 Å². The van der Waals surface area contributed by atoms with E-state index in [0.29, 0.717) is 12.8 Å². The van der Waals surface area contributed by atoms with E-state index < -0.39 is 66.1 Å². The Hall–Kier alpha value is -3.01. The van der Waals surface area contributed by atoms with E-state index in [9.17, 15) is 39.9 Å². The quantitative estimate of drug-likeness (QED) is 0.112. The van der Waals surface area contributed by atoms with Crippen LogP contribution in [0.3, 0.4) is 0 Å². The first-order valence-electron chi connectivity index (χ1n) is 15.6. The van der Waals surface area contributed by atoms with Crippen molar-refractivity contribution < 1.29 is 54.1 Å². The number of carbonyl (C=O) groups excluding carboxylic acids is 2. The number of amides is 2. The average Bonchev–Trinajstić information content (AvgIpc) is 2.97. The third-order valence-corrected chi connectivity index (χ3v) is 8.80. The number of nitrogens with two attached hydrogens (primary N) is 2. The van der Waals surface area contributed by atoms with Gasteiger partial charge in [0.05, 0.1) is 18.6 Å². The Morgan fingerprint density at radius 1 is 1.00 bits per heavy atom. The Bertz CT molecular complexity index is 1180. The fourth-order valence-corrected chi connectivity index (χ4v) is 5.26. The molecule has 1 aliphatic heterocycles. The number of rotatable bonds is 17. The summed E-state index contributed by atoms with van der Waals surface area (Å²) in [5.41, 5.74) is 11.8. The molecule has 2 amide bonds. The number of carbonyl (C=O) groups is 3. The van der Waals surface area contributed by atoms with Gasteiger partial charge < -0.3 is 56.5 Å². The van der Waals surface area contributed by atoms with E-state index in [4.69, 9.17) is 25.7 Å². The van der Waals surface area contributed by atoms with Crippen molar-refractivity contribution in [3.8, 4) is 11.5 Å². The first-order valence-corrected chi connectivity index (χ1v) is 15.6. The standard InChI is InChI=1S/C32H53N3O11/c1-15(2)18(12-20(33)21(36)13-19(16(3)4)28(40)35-14-32(5,6)31(34)43)10-17-8-9-22(44-7)23(11-17)45-30-26(39)24(37)25(38)27(46-30)29(41)42/h8-9,11,15-16,18-21,24-27,30,36-39H,10,12-14,33H2,1-7H3,(H2,34,43)(H,35,40)(H,41,42)/t18-,19-,20-,21-,24-,25-,26+,27-,30+/m0/s1. The van der Waals surface area contributed by atoms with Crippen LogP contribution < -0.4 is 26.3 Å². The van der Waals surface area contributed by atoms with Gasteiger partial charge in [0.15, 0.2) is 17.6 Å². The highest BCUT2D eigenvalue weighted by molar-refractivity contribution is 5.83. The maximum Gasteiger partial charge on any atom is 0.335 e. The number of aliphatic hydroxyl groups is 4. The van der Waals surface area contributed by atoms with E-state index in [0.717, 1.165) is 5.56 Å². The third kappa shape index (κ3) is 10.2. The van der Waals surface area contributed by atoms with Gasteiger partial charge in [0, 0.05) is 18.5 Å². The van der Waals surface area contributed by atoms with Crippen molar-refractivity contribution >= 4 is 17.8 Å². The summed E-state index contributed by atoms with van der Waals surface area (Å²) in [6.07, 6.45) is -8.77. The predicted octanol–water partition coefficient (Wildman–Crippen LogP) is 0.149. The zero-order valence-electron chi connectivity index (χ0n) is 27.8. The number of aliphatic carboxylic acids is 1. The number of primary amides is 1. The van der Waals surface area contributed by atoms with Gasteiger partial charge in [0.2, 0.25) is 18.1 Å². The molecule has 9 atom stereocenters. The normalized spacial score (nSPS) is 24.6. The maximum atomic E-state index is 13.0. The zero-order valence-corrected chi connectivity index (χ0v) is 27.8. The minimum absolute atomic E-state index is 0.0153. The topological polar surface area (TPSA) is 244 Å². The molecule has 46 heavy (non-hydrogen) atoms. The summed E-state index contributed by atoms with van der Waals surface area (Å²) >= 11 is 0. The molecule has 2 rings (SSSR count). The van der Waals surface area contributed by atoms with Crippen LogP contribution in [0.1, 0.15) is 59.9 Å². The van der Waals surface area contributed by atoms with Gasteiger partial charge in [-0.05, 0) is 68.6 Å². The molecule has 10 N–H and O–H groups in total. The second-order valence-electron chi connectivity index (χ2n) is 13.6. The number of hydrogen-bond donors (Lipinski definition) is 8. The monoisotopic (exact) mass is 655 g/mol. The van der Waals surface area contributed by atoms with Crippen LogP contribution in [-0.2, 0) is 25.5 Å². The number of aliphatic hydroxyl groups excluding tert-OH is 4. The van der Waals surface area contributed by atoms with Crippen LogP contribution in [0.2, 0.25) is 0 Å². The maximum absolute atomic E-state index is 13.0. The van der Waals surface area contributed by atoms with Crippen LogP contribution in [0, 0.1) is 29.1 Å². The zero-order chi connectivity index (χ0) is 35.1. The van der Waals surface area contributed by atoms with Crippen LogP contribution in [-0.4, -0.2) is 99.8 Å². The summed E-state index contributed by atoms with van der Waals surface area (Å²) in [7, 11) is 1.40. The molecule has 1 saturated heterocycles. The van der Waals surface area contributed by atoms with E-state index >= 15 is 0 Å². The van der Waals surface area contributed by atoms with E-state index in [1.807, 2.05) is 33.8 Å². The molecule has 1 aromatic carbocycles. The first kappa shape index (κ1) is 39.2. The Balaban J connectivity index is 2.16. The summed E-state index contributed by atoms with van der Waals surface area (Å²) in [5, 5.41) is 53.8. The molecule has 1 aliphatic rings. The lowest BCUT2D eigenvalue weighted by atomic mass is 9.80. The molecule has 14 nitrogen and oxygen atoms in total. The number of nitrogens with one attached hydrogen (secondary N) is 1. The molecule has 0 radical (unpaired) electrons. The van der Waals surface area contributed by atoms with Crippen molar-refractivity contribution in [3.05, 3.63) is 23.8 Å². The molecule has 0 unspecified atom stereocenters. The van der Waals surface area contributed by atoms with Crippen LogP contribution in [0.25, 0.3) is 0 Å². The number of carboxylic acids is 1. The van der Waals surface area contributed by atoms with Crippen LogP contribution in [0.15, 0.2) is 18.2 Å². The molecule has 0 aliphatic carbocycles. The number of methoxy groups -OCH3 is 1. The highest BCUT2D eigenvalue weighted by Crippen LogP contribution is 2.34. The fraction of sp³-hybridized carbons (Fsp3) is 0.719. The molecule has 0 aromatic heterocycles. The van der Waals surface area contributed by atoms with Gasteiger partial charge in [0.25, 0.3) is 0 Å². The second-order valence-corrected chi connectivity index (χ2v) is 13.6. The van der Waals surface area contributed by atoms with E-state index in [-0.39, 0.29) is 48.1 Å². The lowest BCUT2D eigenvalue weighted by Crippen LogP contribution is -2.61. The minimum atomic E-state index is -1.86. The third-order valence-electron chi connectivity index (χ3n) is 8.80. The molecule has 1 aromatic rings. The number of benzene rings is 1. The van der Waals surface area contributed by atoms with Crippen LogP contribution >= 0.6 is 0 Å². The van der Waals surface area contributed by atoms with E-state index in [1.54, 1.807) is 26.0 Å². The van der Waals surface area contributed by atoms with Crippen molar-refractivity contribution in [2.75, 3.05) is 13.7 Å². The summed E-state index contributed by atoms with van der Waals surface area (Å²) in [6.45, 7) is 11.2. The predicted molar refractivity (Wildman–Crippen MR) is 168 cm³/mol. The summed E-state index contributed by atoms with van der Waals surface area (Å²) in [4.78, 5) is 36.2. The average molecular weight is 656 g/mol. The molecule has 1 heterocycles. The number of carboxylic acid groups (broad SMARTS) is 1. The highest BCUT2D eigenvalue weighted by Gasteiger charge is 2.48. The lowest BCUT2D eigenvalue weighted by molar-refractivity contribution is -0.271. The smallest absolute Gasteiger partial charge is 0.335 e. The lowest BCUT2D eigenvalue weighted by Gasteiger charge is -2.38. The van der Waals surface area contributed by atoms with Crippen molar-refractivity contribution in [2.45, 2.75) is 104 Å². The molecule has 0 bridgehead atoms.